The molecule has 1 aliphatic heterocycles. The van der Waals surface area contributed by atoms with Crippen LogP contribution >= 0.6 is 11.8 Å². The lowest BCUT2D eigenvalue weighted by Crippen LogP contribution is -2.29. The number of thioether (sulfide) groups is 1. The van der Waals surface area contributed by atoms with Gasteiger partial charge in [-0.15, -0.1) is 0 Å². The Balaban J connectivity index is 1.59. The Bertz CT molecular complexity index is 419. The van der Waals surface area contributed by atoms with E-state index in [2.05, 4.69) is 5.32 Å². The first kappa shape index (κ1) is 15.1. The molecule has 0 amide bonds. The minimum absolute atomic E-state index is 0.0886. The number of rotatable bonds is 7. The SMILES string of the molecule is O=[N+]([O-])c1ccc(OCCNCC2CCSCC2)cc1. The molecule has 0 bridgehead atoms. The first-order valence-corrected chi connectivity index (χ1v) is 8.07. The van der Waals surface area contributed by atoms with Crippen molar-refractivity contribution in [1.82, 2.24) is 5.32 Å². The van der Waals surface area contributed by atoms with Crippen molar-refractivity contribution in [1.29, 1.82) is 0 Å². The molecule has 6 heteroatoms. The third-order valence-electron chi connectivity index (χ3n) is 3.37. The number of non-ortho nitro benzene ring substituents is 1. The second-order valence-electron chi connectivity index (χ2n) is 4.86. The van der Waals surface area contributed by atoms with E-state index in [4.69, 9.17) is 4.74 Å². The number of benzene rings is 1. The topological polar surface area (TPSA) is 64.4 Å². The van der Waals surface area contributed by atoms with E-state index in [9.17, 15) is 10.1 Å². The van der Waals surface area contributed by atoms with E-state index >= 15 is 0 Å². The maximum atomic E-state index is 10.5. The summed E-state index contributed by atoms with van der Waals surface area (Å²) in [4.78, 5) is 10.1. The lowest BCUT2D eigenvalue weighted by molar-refractivity contribution is -0.384. The van der Waals surface area contributed by atoms with Gasteiger partial charge in [0.05, 0.1) is 4.92 Å². The number of hydrogen-bond acceptors (Lipinski definition) is 5. The molecule has 0 atom stereocenters. The minimum atomic E-state index is -0.409. The molecule has 1 saturated heterocycles. The van der Waals surface area contributed by atoms with Crippen LogP contribution in [-0.2, 0) is 0 Å². The van der Waals surface area contributed by atoms with Gasteiger partial charge in [-0.25, -0.2) is 0 Å². The number of nitrogens with one attached hydrogen (secondary N) is 1. The van der Waals surface area contributed by atoms with Gasteiger partial charge in [0.1, 0.15) is 12.4 Å². The van der Waals surface area contributed by atoms with Crippen LogP contribution < -0.4 is 10.1 Å². The summed E-state index contributed by atoms with van der Waals surface area (Å²) in [5, 5.41) is 13.9. The molecule has 0 aromatic heterocycles. The summed E-state index contributed by atoms with van der Waals surface area (Å²) >= 11 is 2.04. The van der Waals surface area contributed by atoms with Crippen molar-refractivity contribution < 1.29 is 9.66 Å². The van der Waals surface area contributed by atoms with Crippen molar-refractivity contribution in [2.24, 2.45) is 5.92 Å². The smallest absolute Gasteiger partial charge is 0.269 e. The predicted molar refractivity (Wildman–Crippen MR) is 81.5 cm³/mol. The van der Waals surface area contributed by atoms with Crippen LogP contribution in [-0.4, -0.2) is 36.1 Å². The number of ether oxygens (including phenoxy) is 1. The van der Waals surface area contributed by atoms with Crippen LogP contribution in [0.1, 0.15) is 12.8 Å². The summed E-state index contributed by atoms with van der Waals surface area (Å²) < 4.78 is 5.54. The first-order chi connectivity index (χ1) is 9.75. The summed E-state index contributed by atoms with van der Waals surface area (Å²) in [6.07, 6.45) is 2.61. The minimum Gasteiger partial charge on any atom is -0.492 e. The molecule has 1 aromatic carbocycles. The van der Waals surface area contributed by atoms with Crippen molar-refractivity contribution in [3.8, 4) is 5.75 Å². The highest BCUT2D eigenvalue weighted by Crippen LogP contribution is 2.21. The van der Waals surface area contributed by atoms with Crippen molar-refractivity contribution in [2.75, 3.05) is 31.2 Å². The van der Waals surface area contributed by atoms with E-state index < -0.39 is 4.92 Å². The van der Waals surface area contributed by atoms with Gasteiger partial charge in [-0.2, -0.15) is 11.8 Å². The van der Waals surface area contributed by atoms with Crippen molar-refractivity contribution in [3.63, 3.8) is 0 Å². The van der Waals surface area contributed by atoms with Gasteiger partial charge >= 0.3 is 0 Å². The standard InChI is InChI=1S/C14H20N2O3S/c17-16(18)13-1-3-14(4-2-13)19-8-7-15-11-12-5-9-20-10-6-12/h1-4,12,15H,5-11H2. The van der Waals surface area contributed by atoms with Crippen molar-refractivity contribution >= 4 is 17.4 Å². The molecule has 0 aliphatic carbocycles. The van der Waals surface area contributed by atoms with E-state index in [1.807, 2.05) is 11.8 Å². The summed E-state index contributed by atoms with van der Waals surface area (Å²) in [5.74, 6) is 4.04. The third-order valence-corrected chi connectivity index (χ3v) is 4.42. The molecule has 0 unspecified atom stereocenters. The number of nitro groups is 1. The van der Waals surface area contributed by atoms with Gasteiger partial charge in [-0.3, -0.25) is 10.1 Å². The highest BCUT2D eigenvalue weighted by atomic mass is 32.2. The predicted octanol–water partition coefficient (Wildman–Crippen LogP) is 2.71. The Kier molecular flexibility index (Phi) is 6.14. The van der Waals surface area contributed by atoms with Gasteiger partial charge in [0.15, 0.2) is 0 Å². The van der Waals surface area contributed by atoms with Crippen LogP contribution in [0.4, 0.5) is 5.69 Å². The summed E-state index contributed by atoms with van der Waals surface area (Å²) in [5.41, 5.74) is 0.0886. The molecule has 1 aliphatic rings. The van der Waals surface area contributed by atoms with E-state index in [-0.39, 0.29) is 5.69 Å². The van der Waals surface area contributed by atoms with Crippen molar-refractivity contribution in [2.45, 2.75) is 12.8 Å². The van der Waals surface area contributed by atoms with E-state index in [0.717, 1.165) is 19.0 Å². The summed E-state index contributed by atoms with van der Waals surface area (Å²) in [6, 6.07) is 6.19. The molecule has 0 saturated carbocycles. The van der Waals surface area contributed by atoms with Crippen LogP contribution in [0.25, 0.3) is 0 Å². The van der Waals surface area contributed by atoms with Gasteiger partial charge in [0, 0.05) is 18.7 Å². The lowest BCUT2D eigenvalue weighted by atomic mass is 10.0. The summed E-state index contributed by atoms with van der Waals surface area (Å²) in [7, 11) is 0. The lowest BCUT2D eigenvalue weighted by Gasteiger charge is -2.21. The molecule has 0 radical (unpaired) electrons. The second kappa shape index (κ2) is 8.11. The van der Waals surface area contributed by atoms with Gasteiger partial charge in [0.2, 0.25) is 0 Å². The second-order valence-corrected chi connectivity index (χ2v) is 6.08. The average molecular weight is 296 g/mol. The normalized spacial score (nSPS) is 16.0. The fraction of sp³-hybridized carbons (Fsp3) is 0.571. The molecule has 110 valence electrons. The largest absolute Gasteiger partial charge is 0.492 e. The Hall–Kier alpha value is -1.27. The zero-order chi connectivity index (χ0) is 14.2. The van der Waals surface area contributed by atoms with Crippen LogP contribution in [0.15, 0.2) is 24.3 Å². The van der Waals surface area contributed by atoms with Crippen LogP contribution in [0.2, 0.25) is 0 Å². The van der Waals surface area contributed by atoms with E-state index in [1.54, 1.807) is 12.1 Å². The van der Waals surface area contributed by atoms with Crippen LogP contribution in [0.3, 0.4) is 0 Å². The Morgan fingerprint density at radius 1 is 1.30 bits per heavy atom. The monoisotopic (exact) mass is 296 g/mol. The van der Waals surface area contributed by atoms with Gasteiger partial charge in [-0.05, 0) is 48.9 Å². The maximum absolute atomic E-state index is 10.5. The Labute approximate surface area is 123 Å². The molecule has 0 spiro atoms. The molecule has 2 rings (SSSR count). The van der Waals surface area contributed by atoms with Gasteiger partial charge in [0.25, 0.3) is 5.69 Å². The molecule has 1 fully saturated rings. The molecular weight excluding hydrogens is 276 g/mol. The maximum Gasteiger partial charge on any atom is 0.269 e. The van der Waals surface area contributed by atoms with E-state index in [1.165, 1.54) is 36.5 Å². The molecule has 1 aromatic rings. The zero-order valence-corrected chi connectivity index (χ0v) is 12.2. The Morgan fingerprint density at radius 3 is 2.65 bits per heavy atom. The molecule has 1 heterocycles. The van der Waals surface area contributed by atoms with E-state index in [0.29, 0.717) is 12.4 Å². The fourth-order valence-electron chi connectivity index (χ4n) is 2.16. The number of hydrogen-bond donors (Lipinski definition) is 1. The summed E-state index contributed by atoms with van der Waals surface area (Å²) in [6.45, 7) is 2.45. The molecular formula is C14H20N2O3S. The number of nitrogens with zero attached hydrogens (tertiary/aromatic N) is 1. The van der Waals surface area contributed by atoms with Gasteiger partial charge < -0.3 is 10.1 Å². The highest BCUT2D eigenvalue weighted by Gasteiger charge is 2.12. The average Bonchev–Trinajstić information content (AvgIpc) is 2.48. The van der Waals surface area contributed by atoms with Crippen LogP contribution in [0.5, 0.6) is 5.75 Å². The Morgan fingerprint density at radius 2 is 2.00 bits per heavy atom. The van der Waals surface area contributed by atoms with Crippen LogP contribution in [0, 0.1) is 16.0 Å². The first-order valence-electron chi connectivity index (χ1n) is 6.91. The molecule has 1 N–H and O–H groups in total. The molecule has 5 nitrogen and oxygen atoms in total. The highest BCUT2D eigenvalue weighted by molar-refractivity contribution is 7.99. The number of nitro benzene ring substituents is 1. The van der Waals surface area contributed by atoms with Crippen molar-refractivity contribution in [3.05, 3.63) is 34.4 Å². The zero-order valence-electron chi connectivity index (χ0n) is 11.4. The molecule has 20 heavy (non-hydrogen) atoms. The quantitative estimate of drug-likeness (QED) is 0.476. The van der Waals surface area contributed by atoms with Gasteiger partial charge in [-0.1, -0.05) is 0 Å². The third kappa shape index (κ3) is 5.02. The fourth-order valence-corrected chi connectivity index (χ4v) is 3.37.